The number of fused-ring (bicyclic) bond motifs is 1. The van der Waals surface area contributed by atoms with Gasteiger partial charge in [0.2, 0.25) is 0 Å². The van der Waals surface area contributed by atoms with Gasteiger partial charge in [0, 0.05) is 12.6 Å². The highest BCUT2D eigenvalue weighted by Gasteiger charge is 2.47. The van der Waals surface area contributed by atoms with Gasteiger partial charge in [-0.1, -0.05) is 26.7 Å². The molecular formula is C15H27NO3. The first-order valence-corrected chi connectivity index (χ1v) is 7.71. The normalized spacial score (nSPS) is 32.3. The number of carbonyl (C=O) groups is 1. The molecule has 0 aromatic rings. The first kappa shape index (κ1) is 14.8. The molecule has 3 unspecified atom stereocenters. The van der Waals surface area contributed by atoms with Gasteiger partial charge in [-0.05, 0) is 38.0 Å². The minimum absolute atomic E-state index is 0.375. The molecule has 110 valence electrons. The maximum atomic E-state index is 11.5. The molecular weight excluding hydrogens is 242 g/mol. The van der Waals surface area contributed by atoms with Gasteiger partial charge in [-0.15, -0.1) is 0 Å². The lowest BCUT2D eigenvalue weighted by Crippen LogP contribution is -2.50. The van der Waals surface area contributed by atoms with E-state index >= 15 is 0 Å². The molecule has 0 aromatic carbocycles. The topological polar surface area (TPSA) is 60.8 Å². The van der Waals surface area contributed by atoms with Crippen molar-refractivity contribution in [3.8, 4) is 0 Å². The number of aliphatic hydroxyl groups is 1. The zero-order valence-electron chi connectivity index (χ0n) is 12.1. The molecule has 1 saturated carbocycles. The fraction of sp³-hybridized carbons (Fsp3) is 0.933. The third-order valence-corrected chi connectivity index (χ3v) is 5.30. The minimum atomic E-state index is -0.736. The molecule has 4 heteroatoms. The van der Waals surface area contributed by atoms with Crippen LogP contribution < -0.4 is 0 Å². The molecule has 1 aliphatic heterocycles. The summed E-state index contributed by atoms with van der Waals surface area (Å²) in [4.78, 5) is 13.6. The van der Waals surface area contributed by atoms with Gasteiger partial charge in [-0.3, -0.25) is 9.69 Å². The Morgan fingerprint density at radius 1 is 1.26 bits per heavy atom. The lowest BCUT2D eigenvalue weighted by atomic mass is 9.84. The number of β-amino-alcohol motifs (C(OH)–C–C–N with tert-alkyl or cyclic N) is 1. The Morgan fingerprint density at radius 3 is 2.47 bits per heavy atom. The van der Waals surface area contributed by atoms with Crippen LogP contribution in [-0.4, -0.2) is 45.3 Å². The van der Waals surface area contributed by atoms with Crippen LogP contribution in [0.1, 0.15) is 58.8 Å². The zero-order chi connectivity index (χ0) is 14.0. The van der Waals surface area contributed by atoms with Crippen LogP contribution in [0, 0.1) is 5.92 Å². The summed E-state index contributed by atoms with van der Waals surface area (Å²) in [7, 11) is 0. The quantitative estimate of drug-likeness (QED) is 0.803. The summed E-state index contributed by atoms with van der Waals surface area (Å²) < 4.78 is 0. The van der Waals surface area contributed by atoms with Gasteiger partial charge in [-0.2, -0.15) is 0 Å². The Balaban J connectivity index is 2.15. The molecule has 2 N–H and O–H groups in total. The molecule has 0 bridgehead atoms. The average Bonchev–Trinajstić information content (AvgIpc) is 2.78. The number of nitrogens with zero attached hydrogens (tertiary/aromatic N) is 1. The summed E-state index contributed by atoms with van der Waals surface area (Å²) in [5.74, 6) is -0.197. The van der Waals surface area contributed by atoms with Gasteiger partial charge in [0.15, 0.2) is 0 Å². The Kier molecular flexibility index (Phi) is 4.51. The van der Waals surface area contributed by atoms with Crippen molar-refractivity contribution in [2.24, 2.45) is 5.92 Å². The van der Waals surface area contributed by atoms with E-state index < -0.39 is 17.6 Å². The maximum Gasteiger partial charge on any atom is 0.320 e. The van der Waals surface area contributed by atoms with Gasteiger partial charge >= 0.3 is 5.97 Å². The summed E-state index contributed by atoms with van der Waals surface area (Å²) in [6.07, 6.45) is 6.81. The van der Waals surface area contributed by atoms with E-state index in [2.05, 4.69) is 4.90 Å². The summed E-state index contributed by atoms with van der Waals surface area (Å²) in [6, 6.07) is -0.0165. The monoisotopic (exact) mass is 269 g/mol. The Labute approximate surface area is 115 Å². The van der Waals surface area contributed by atoms with Crippen molar-refractivity contribution in [3.05, 3.63) is 0 Å². The van der Waals surface area contributed by atoms with Crippen LogP contribution in [0.2, 0.25) is 0 Å². The van der Waals surface area contributed by atoms with E-state index in [1.807, 2.05) is 13.8 Å². The summed E-state index contributed by atoms with van der Waals surface area (Å²) >= 11 is 0. The highest BCUT2D eigenvalue weighted by molar-refractivity contribution is 5.74. The first-order valence-electron chi connectivity index (χ1n) is 7.71. The minimum Gasteiger partial charge on any atom is -0.480 e. The number of hydrogen-bond donors (Lipinski definition) is 2. The van der Waals surface area contributed by atoms with Crippen LogP contribution in [0.25, 0.3) is 0 Å². The standard InChI is InChI=1S/C15H27NO3/c1-3-15(19,4-2)10-16-12-8-6-5-7-11(12)9-13(16)14(17)18/h11-13,19H,3-10H2,1-2H3,(H,17,18). The molecule has 3 atom stereocenters. The van der Waals surface area contributed by atoms with Crippen molar-refractivity contribution in [1.82, 2.24) is 4.90 Å². The average molecular weight is 269 g/mol. The van der Waals surface area contributed by atoms with E-state index in [1.54, 1.807) is 0 Å². The van der Waals surface area contributed by atoms with Crippen LogP contribution in [0.3, 0.4) is 0 Å². The number of likely N-dealkylation sites (tertiary alicyclic amines) is 1. The van der Waals surface area contributed by atoms with Gasteiger partial charge in [0.05, 0.1) is 5.60 Å². The molecule has 0 aromatic heterocycles. The zero-order valence-corrected chi connectivity index (χ0v) is 12.1. The van der Waals surface area contributed by atoms with Gasteiger partial charge in [-0.25, -0.2) is 0 Å². The third-order valence-electron chi connectivity index (χ3n) is 5.30. The molecule has 1 heterocycles. The Bertz CT molecular complexity index is 327. The smallest absolute Gasteiger partial charge is 0.320 e. The van der Waals surface area contributed by atoms with E-state index in [1.165, 1.54) is 12.8 Å². The van der Waals surface area contributed by atoms with E-state index in [0.717, 1.165) is 19.3 Å². The van der Waals surface area contributed by atoms with Crippen LogP contribution in [0.4, 0.5) is 0 Å². The lowest BCUT2D eigenvalue weighted by molar-refractivity contribution is -0.144. The predicted molar refractivity (Wildman–Crippen MR) is 74.0 cm³/mol. The fourth-order valence-electron chi connectivity index (χ4n) is 3.84. The Morgan fingerprint density at radius 2 is 1.89 bits per heavy atom. The van der Waals surface area contributed by atoms with Gasteiger partial charge in [0.25, 0.3) is 0 Å². The molecule has 0 spiro atoms. The molecule has 0 radical (unpaired) electrons. The third kappa shape index (κ3) is 2.95. The van der Waals surface area contributed by atoms with Crippen LogP contribution in [0.15, 0.2) is 0 Å². The number of carboxylic acids is 1. The molecule has 1 aliphatic carbocycles. The second kappa shape index (κ2) is 5.80. The molecule has 2 fully saturated rings. The molecule has 2 rings (SSSR count). The largest absolute Gasteiger partial charge is 0.480 e. The Hall–Kier alpha value is -0.610. The van der Waals surface area contributed by atoms with Crippen LogP contribution in [-0.2, 0) is 4.79 Å². The number of rotatable bonds is 5. The van der Waals surface area contributed by atoms with Crippen molar-refractivity contribution in [2.75, 3.05) is 6.54 Å². The van der Waals surface area contributed by atoms with Crippen LogP contribution >= 0.6 is 0 Å². The summed E-state index contributed by atoms with van der Waals surface area (Å²) in [5.41, 5.74) is -0.736. The van der Waals surface area contributed by atoms with Crippen molar-refractivity contribution < 1.29 is 15.0 Å². The molecule has 4 nitrogen and oxygen atoms in total. The van der Waals surface area contributed by atoms with Gasteiger partial charge < -0.3 is 10.2 Å². The predicted octanol–water partition coefficient (Wildman–Crippen LogP) is 2.26. The molecule has 19 heavy (non-hydrogen) atoms. The first-order chi connectivity index (χ1) is 9.00. The van der Waals surface area contributed by atoms with Crippen molar-refractivity contribution in [1.29, 1.82) is 0 Å². The van der Waals surface area contributed by atoms with E-state index in [4.69, 9.17) is 0 Å². The highest BCUT2D eigenvalue weighted by atomic mass is 16.4. The van der Waals surface area contributed by atoms with E-state index in [-0.39, 0.29) is 0 Å². The lowest BCUT2D eigenvalue weighted by Gasteiger charge is -2.38. The molecule has 2 aliphatic rings. The maximum absolute atomic E-state index is 11.5. The molecule has 0 amide bonds. The van der Waals surface area contributed by atoms with E-state index in [0.29, 0.717) is 31.3 Å². The van der Waals surface area contributed by atoms with Crippen molar-refractivity contribution in [3.63, 3.8) is 0 Å². The number of hydrogen-bond acceptors (Lipinski definition) is 3. The highest BCUT2D eigenvalue weighted by Crippen LogP contribution is 2.40. The van der Waals surface area contributed by atoms with Crippen molar-refractivity contribution >= 4 is 5.97 Å². The summed E-state index contributed by atoms with van der Waals surface area (Å²) in [5, 5.41) is 20.0. The second-order valence-corrected chi connectivity index (χ2v) is 6.31. The van der Waals surface area contributed by atoms with E-state index in [9.17, 15) is 15.0 Å². The van der Waals surface area contributed by atoms with Crippen LogP contribution in [0.5, 0.6) is 0 Å². The summed E-state index contributed by atoms with van der Waals surface area (Å²) in [6.45, 7) is 4.47. The molecule has 1 saturated heterocycles. The number of carboxylic acid groups (broad SMARTS) is 1. The van der Waals surface area contributed by atoms with Gasteiger partial charge in [0.1, 0.15) is 6.04 Å². The SMILES string of the molecule is CCC(O)(CC)CN1C(C(=O)O)CC2CCCCC21. The second-order valence-electron chi connectivity index (χ2n) is 6.31. The fourth-order valence-corrected chi connectivity index (χ4v) is 3.84. The number of aliphatic carboxylic acids is 1. The van der Waals surface area contributed by atoms with Crippen molar-refractivity contribution in [2.45, 2.75) is 76.5 Å².